The molecule has 2 aromatic rings. The van der Waals surface area contributed by atoms with Crippen LogP contribution < -0.4 is 20.9 Å². The first kappa shape index (κ1) is 15.2. The first-order chi connectivity index (χ1) is 9.82. The van der Waals surface area contributed by atoms with Crippen molar-refractivity contribution in [2.24, 2.45) is 5.14 Å². The van der Waals surface area contributed by atoms with E-state index in [2.05, 4.69) is 15.0 Å². The van der Waals surface area contributed by atoms with Crippen molar-refractivity contribution in [3.8, 4) is 0 Å². The highest BCUT2D eigenvalue weighted by Crippen LogP contribution is 2.17. The minimum absolute atomic E-state index is 0.0839. The highest BCUT2D eigenvalue weighted by Gasteiger charge is 2.08. The van der Waals surface area contributed by atoms with Crippen molar-refractivity contribution >= 4 is 44.0 Å². The molecule has 6 N–H and O–H groups in total. The third-order valence-electron chi connectivity index (χ3n) is 2.32. The van der Waals surface area contributed by atoms with E-state index < -0.39 is 10.2 Å². The van der Waals surface area contributed by atoms with Crippen LogP contribution in [0.25, 0.3) is 0 Å². The molecule has 1 heterocycles. The monoisotopic (exact) mass is 327 g/mol. The number of rotatable bonds is 5. The fourth-order valence-corrected chi connectivity index (χ4v) is 2.62. The van der Waals surface area contributed by atoms with Crippen LogP contribution in [-0.4, -0.2) is 19.3 Å². The lowest BCUT2D eigenvalue weighted by Crippen LogP contribution is -2.21. The maximum Gasteiger partial charge on any atom is 0.296 e. The number of aromatic nitrogens is 1. The number of nitrogen functional groups attached to an aromatic ring is 1. The number of carbonyl (C=O) groups is 1. The van der Waals surface area contributed by atoms with E-state index in [0.29, 0.717) is 16.5 Å². The largest absolute Gasteiger partial charge is 0.375 e. The minimum Gasteiger partial charge on any atom is -0.375 e. The van der Waals surface area contributed by atoms with Gasteiger partial charge in [0.05, 0.1) is 17.8 Å². The predicted molar refractivity (Wildman–Crippen MR) is 82.0 cm³/mol. The summed E-state index contributed by atoms with van der Waals surface area (Å²) in [5.74, 6) is -0.284. The van der Waals surface area contributed by atoms with Crippen molar-refractivity contribution < 1.29 is 13.2 Å². The summed E-state index contributed by atoms with van der Waals surface area (Å²) < 4.78 is 24.0. The first-order valence-electron chi connectivity index (χ1n) is 5.72. The molecule has 0 saturated heterocycles. The van der Waals surface area contributed by atoms with Crippen molar-refractivity contribution in [2.75, 3.05) is 15.8 Å². The summed E-state index contributed by atoms with van der Waals surface area (Å²) >= 11 is 1.26. The van der Waals surface area contributed by atoms with Gasteiger partial charge in [0, 0.05) is 11.1 Å². The van der Waals surface area contributed by atoms with E-state index in [-0.39, 0.29) is 18.0 Å². The third-order valence-corrected chi connectivity index (χ3v) is 3.56. The fourth-order valence-electron chi connectivity index (χ4n) is 1.60. The van der Waals surface area contributed by atoms with Crippen LogP contribution >= 0.6 is 11.3 Å². The molecule has 0 unspecified atom stereocenters. The maximum absolute atomic E-state index is 11.8. The summed E-state index contributed by atoms with van der Waals surface area (Å²) in [5, 5.41) is 9.62. The molecule has 0 saturated carbocycles. The van der Waals surface area contributed by atoms with Gasteiger partial charge in [0.15, 0.2) is 5.13 Å². The molecule has 112 valence electrons. The molecule has 0 bridgehead atoms. The van der Waals surface area contributed by atoms with Crippen LogP contribution in [0.4, 0.5) is 16.5 Å². The van der Waals surface area contributed by atoms with Gasteiger partial charge in [0.25, 0.3) is 10.2 Å². The molecule has 0 atom stereocenters. The van der Waals surface area contributed by atoms with Crippen molar-refractivity contribution in [3.05, 3.63) is 35.3 Å². The first-order valence-corrected chi connectivity index (χ1v) is 8.15. The zero-order chi connectivity index (χ0) is 15.5. The summed E-state index contributed by atoms with van der Waals surface area (Å²) in [6, 6.07) is 6.19. The Morgan fingerprint density at radius 1 is 1.33 bits per heavy atom. The van der Waals surface area contributed by atoms with E-state index in [1.54, 1.807) is 17.5 Å². The van der Waals surface area contributed by atoms with E-state index in [0.717, 1.165) is 0 Å². The SMILES string of the molecule is Nc1nc(CC(=O)Nc2cccc(NS(N)(=O)=O)c2)cs1. The van der Waals surface area contributed by atoms with Gasteiger partial charge in [0.2, 0.25) is 5.91 Å². The predicted octanol–water partition coefficient (Wildman–Crippen LogP) is 0.522. The Hall–Kier alpha value is -2.17. The molecule has 0 aliphatic heterocycles. The number of nitrogens with one attached hydrogen (secondary N) is 2. The van der Waals surface area contributed by atoms with Crippen molar-refractivity contribution in [1.82, 2.24) is 4.98 Å². The molecule has 1 aromatic heterocycles. The van der Waals surface area contributed by atoms with Crippen LogP contribution in [0.3, 0.4) is 0 Å². The zero-order valence-corrected chi connectivity index (χ0v) is 12.4. The summed E-state index contributed by atoms with van der Waals surface area (Å²) in [7, 11) is -3.85. The normalized spacial score (nSPS) is 11.1. The van der Waals surface area contributed by atoms with Crippen molar-refractivity contribution in [3.63, 3.8) is 0 Å². The van der Waals surface area contributed by atoms with E-state index in [1.165, 1.54) is 23.5 Å². The second-order valence-corrected chi connectivity index (χ2v) is 6.31. The lowest BCUT2D eigenvalue weighted by Gasteiger charge is -2.07. The van der Waals surface area contributed by atoms with Gasteiger partial charge in [-0.3, -0.25) is 9.52 Å². The van der Waals surface area contributed by atoms with E-state index in [9.17, 15) is 13.2 Å². The van der Waals surface area contributed by atoms with Gasteiger partial charge in [0.1, 0.15) is 0 Å². The molecule has 0 aliphatic rings. The molecular weight excluding hydrogens is 314 g/mol. The van der Waals surface area contributed by atoms with Gasteiger partial charge in [-0.2, -0.15) is 8.42 Å². The second-order valence-electron chi connectivity index (χ2n) is 4.13. The number of hydrogen-bond donors (Lipinski definition) is 4. The van der Waals surface area contributed by atoms with E-state index in [1.807, 2.05) is 0 Å². The Morgan fingerprint density at radius 3 is 2.67 bits per heavy atom. The average Bonchev–Trinajstić information content (AvgIpc) is 2.72. The number of benzene rings is 1. The number of hydrogen-bond acceptors (Lipinski definition) is 6. The van der Waals surface area contributed by atoms with E-state index >= 15 is 0 Å². The molecule has 0 fully saturated rings. The van der Waals surface area contributed by atoms with Gasteiger partial charge < -0.3 is 11.1 Å². The van der Waals surface area contributed by atoms with Crippen molar-refractivity contribution in [1.29, 1.82) is 0 Å². The Labute approximate surface area is 125 Å². The number of carbonyl (C=O) groups excluding carboxylic acids is 1. The fraction of sp³-hybridized carbons (Fsp3) is 0.0909. The Morgan fingerprint density at radius 2 is 2.05 bits per heavy atom. The molecule has 1 aromatic carbocycles. The topological polar surface area (TPSA) is 140 Å². The summed E-state index contributed by atoms with van der Waals surface area (Å²) in [4.78, 5) is 15.8. The van der Waals surface area contributed by atoms with Crippen LogP contribution in [0, 0.1) is 0 Å². The summed E-state index contributed by atoms with van der Waals surface area (Å²) in [6.07, 6.45) is 0.0839. The van der Waals surface area contributed by atoms with Crippen LogP contribution in [0.2, 0.25) is 0 Å². The molecule has 0 spiro atoms. The summed E-state index contributed by atoms with van der Waals surface area (Å²) in [6.45, 7) is 0. The number of anilines is 3. The molecule has 0 radical (unpaired) electrons. The summed E-state index contributed by atoms with van der Waals surface area (Å²) in [5.41, 5.74) is 6.76. The highest BCUT2D eigenvalue weighted by atomic mass is 32.2. The lowest BCUT2D eigenvalue weighted by molar-refractivity contribution is -0.115. The molecule has 10 heteroatoms. The minimum atomic E-state index is -3.85. The van der Waals surface area contributed by atoms with E-state index in [4.69, 9.17) is 10.9 Å². The van der Waals surface area contributed by atoms with Gasteiger partial charge in [-0.05, 0) is 18.2 Å². The highest BCUT2D eigenvalue weighted by molar-refractivity contribution is 7.90. The van der Waals surface area contributed by atoms with Gasteiger partial charge in [-0.1, -0.05) is 6.07 Å². The molecule has 0 aliphatic carbocycles. The standard InChI is InChI=1S/C11H13N5O3S2/c12-11-15-9(6-20-11)5-10(17)14-7-2-1-3-8(4-7)16-21(13,18)19/h1-4,6,16H,5H2,(H2,12,15)(H,14,17)(H2,13,18,19). The van der Waals surface area contributed by atoms with Gasteiger partial charge >= 0.3 is 0 Å². The van der Waals surface area contributed by atoms with Crippen LogP contribution in [0.5, 0.6) is 0 Å². The third kappa shape index (κ3) is 5.02. The number of nitrogens with two attached hydrogens (primary N) is 2. The zero-order valence-electron chi connectivity index (χ0n) is 10.7. The Balaban J connectivity index is 2.02. The van der Waals surface area contributed by atoms with Crippen LogP contribution in [0.15, 0.2) is 29.6 Å². The maximum atomic E-state index is 11.8. The lowest BCUT2D eigenvalue weighted by atomic mass is 10.2. The van der Waals surface area contributed by atoms with Crippen molar-refractivity contribution in [2.45, 2.75) is 6.42 Å². The quantitative estimate of drug-likeness (QED) is 0.634. The van der Waals surface area contributed by atoms with Gasteiger partial charge in [-0.25, -0.2) is 10.1 Å². The second kappa shape index (κ2) is 6.08. The van der Waals surface area contributed by atoms with Gasteiger partial charge in [-0.15, -0.1) is 11.3 Å². The molecular formula is C11H13N5O3S2. The van der Waals surface area contributed by atoms with Crippen LogP contribution in [0.1, 0.15) is 5.69 Å². The smallest absolute Gasteiger partial charge is 0.296 e. The molecule has 2 rings (SSSR count). The Kier molecular flexibility index (Phi) is 4.40. The molecule has 1 amide bonds. The number of amides is 1. The molecule has 8 nitrogen and oxygen atoms in total. The number of thiazole rings is 1. The number of nitrogens with zero attached hydrogens (tertiary/aromatic N) is 1. The average molecular weight is 327 g/mol. The molecule has 21 heavy (non-hydrogen) atoms. The Bertz CT molecular complexity index is 757. The van der Waals surface area contributed by atoms with Crippen LogP contribution in [-0.2, 0) is 21.4 Å².